The highest BCUT2D eigenvalue weighted by Crippen LogP contribution is 2.36. The average Bonchev–Trinajstić information content (AvgIpc) is 2.48. The highest BCUT2D eigenvalue weighted by molar-refractivity contribution is 5.48. The van der Waals surface area contributed by atoms with Crippen molar-refractivity contribution < 1.29 is 14.6 Å². The zero-order valence-electron chi connectivity index (χ0n) is 11.6. The van der Waals surface area contributed by atoms with E-state index in [0.29, 0.717) is 11.5 Å². The second-order valence-corrected chi connectivity index (χ2v) is 4.57. The molecule has 2 N–H and O–H groups in total. The molecular weight excluding hydrogens is 244 g/mol. The van der Waals surface area contributed by atoms with Crippen molar-refractivity contribution in [2.24, 2.45) is 0 Å². The van der Waals surface area contributed by atoms with E-state index >= 15 is 0 Å². The number of benzene rings is 1. The van der Waals surface area contributed by atoms with Gasteiger partial charge in [0, 0.05) is 31.7 Å². The van der Waals surface area contributed by atoms with Crippen LogP contribution in [0.4, 0.5) is 0 Å². The first-order chi connectivity index (χ1) is 9.31. The maximum Gasteiger partial charge on any atom is 0.165 e. The van der Waals surface area contributed by atoms with E-state index in [-0.39, 0.29) is 12.6 Å². The van der Waals surface area contributed by atoms with Crippen molar-refractivity contribution in [1.82, 2.24) is 10.2 Å². The molecule has 1 aromatic carbocycles. The van der Waals surface area contributed by atoms with Gasteiger partial charge in [0.2, 0.25) is 0 Å². The Morgan fingerprint density at radius 3 is 2.58 bits per heavy atom. The lowest BCUT2D eigenvalue weighted by atomic mass is 10.0. The second-order valence-electron chi connectivity index (χ2n) is 4.57. The number of hydrogen-bond acceptors (Lipinski definition) is 5. The Morgan fingerprint density at radius 2 is 2.00 bits per heavy atom. The number of rotatable bonds is 5. The summed E-state index contributed by atoms with van der Waals surface area (Å²) in [6, 6.07) is 5.74. The number of hydrogen-bond donors (Lipinski definition) is 2. The summed E-state index contributed by atoms with van der Waals surface area (Å²) < 4.78 is 10.8. The number of aliphatic hydroxyl groups excluding tert-OH is 1. The van der Waals surface area contributed by atoms with Gasteiger partial charge in [-0.25, -0.2) is 0 Å². The third-order valence-electron chi connectivity index (χ3n) is 3.56. The van der Waals surface area contributed by atoms with Crippen molar-refractivity contribution in [3.63, 3.8) is 0 Å². The number of aliphatic hydroxyl groups is 1. The van der Waals surface area contributed by atoms with Gasteiger partial charge in [0.05, 0.1) is 26.9 Å². The first-order valence-corrected chi connectivity index (χ1v) is 6.58. The first-order valence-electron chi connectivity index (χ1n) is 6.58. The van der Waals surface area contributed by atoms with Crippen LogP contribution < -0.4 is 14.8 Å². The molecular formula is C14H22N2O3. The fraction of sp³-hybridized carbons (Fsp3) is 0.571. The molecule has 1 fully saturated rings. The number of ether oxygens (including phenoxy) is 2. The van der Waals surface area contributed by atoms with E-state index in [2.05, 4.69) is 10.2 Å². The summed E-state index contributed by atoms with van der Waals surface area (Å²) in [5.74, 6) is 1.41. The van der Waals surface area contributed by atoms with Gasteiger partial charge in [-0.3, -0.25) is 4.90 Å². The number of nitrogens with zero attached hydrogens (tertiary/aromatic N) is 1. The van der Waals surface area contributed by atoms with Gasteiger partial charge in [-0.1, -0.05) is 12.1 Å². The van der Waals surface area contributed by atoms with Gasteiger partial charge in [0.25, 0.3) is 0 Å². The van der Waals surface area contributed by atoms with E-state index < -0.39 is 0 Å². The Hall–Kier alpha value is -1.30. The third-order valence-corrected chi connectivity index (χ3v) is 3.56. The van der Waals surface area contributed by atoms with Crippen LogP contribution in [-0.4, -0.2) is 57.0 Å². The van der Waals surface area contributed by atoms with Gasteiger partial charge < -0.3 is 19.9 Å². The van der Waals surface area contributed by atoms with Gasteiger partial charge in [0.1, 0.15) is 0 Å². The van der Waals surface area contributed by atoms with Crippen molar-refractivity contribution in [1.29, 1.82) is 0 Å². The van der Waals surface area contributed by atoms with Crippen LogP contribution >= 0.6 is 0 Å². The Balaban J connectivity index is 2.31. The number of nitrogens with one attached hydrogen (secondary N) is 1. The van der Waals surface area contributed by atoms with E-state index in [1.165, 1.54) is 0 Å². The average molecular weight is 266 g/mol. The van der Waals surface area contributed by atoms with Crippen molar-refractivity contribution >= 4 is 0 Å². The van der Waals surface area contributed by atoms with E-state index in [0.717, 1.165) is 31.7 Å². The molecule has 1 saturated heterocycles. The zero-order valence-corrected chi connectivity index (χ0v) is 11.6. The van der Waals surface area contributed by atoms with Gasteiger partial charge in [-0.15, -0.1) is 0 Å². The van der Waals surface area contributed by atoms with Crippen LogP contribution in [0.1, 0.15) is 11.6 Å². The minimum atomic E-state index is -0.0489. The molecule has 0 spiro atoms. The Morgan fingerprint density at radius 1 is 1.26 bits per heavy atom. The van der Waals surface area contributed by atoms with Crippen LogP contribution in [0, 0.1) is 0 Å². The lowest BCUT2D eigenvalue weighted by molar-refractivity contribution is 0.108. The molecule has 2 rings (SSSR count). The smallest absolute Gasteiger partial charge is 0.165 e. The van der Waals surface area contributed by atoms with Crippen LogP contribution in [0.2, 0.25) is 0 Å². The van der Waals surface area contributed by atoms with Crippen molar-refractivity contribution in [2.45, 2.75) is 6.04 Å². The minimum absolute atomic E-state index is 0.0489. The highest BCUT2D eigenvalue weighted by Gasteiger charge is 2.25. The Bertz CT molecular complexity index is 406. The molecule has 1 aliphatic rings. The van der Waals surface area contributed by atoms with Crippen molar-refractivity contribution in [3.8, 4) is 11.5 Å². The largest absolute Gasteiger partial charge is 0.493 e. The second kappa shape index (κ2) is 6.75. The molecule has 0 amide bonds. The molecule has 106 valence electrons. The molecule has 0 aliphatic carbocycles. The molecule has 1 aliphatic heterocycles. The lowest BCUT2D eigenvalue weighted by Gasteiger charge is -2.34. The quantitative estimate of drug-likeness (QED) is 0.819. The van der Waals surface area contributed by atoms with Crippen LogP contribution in [0.15, 0.2) is 18.2 Å². The summed E-state index contributed by atoms with van der Waals surface area (Å²) in [5.41, 5.74) is 0.978. The Labute approximate surface area is 114 Å². The normalized spacial score (nSPS) is 18.1. The SMILES string of the molecule is COc1cccc(C(CO)N2CCNCC2)c1OC. The van der Waals surface area contributed by atoms with E-state index in [1.54, 1.807) is 14.2 Å². The topological polar surface area (TPSA) is 54.0 Å². The molecule has 1 heterocycles. The summed E-state index contributed by atoms with van der Waals surface area (Å²) in [4.78, 5) is 2.27. The first kappa shape index (κ1) is 14.1. The summed E-state index contributed by atoms with van der Waals surface area (Å²) in [6.45, 7) is 3.81. The molecule has 19 heavy (non-hydrogen) atoms. The van der Waals surface area contributed by atoms with E-state index in [9.17, 15) is 5.11 Å². The highest BCUT2D eigenvalue weighted by atomic mass is 16.5. The third kappa shape index (κ3) is 3.00. The van der Waals surface area contributed by atoms with Gasteiger partial charge in [-0.05, 0) is 6.07 Å². The van der Waals surface area contributed by atoms with Crippen molar-refractivity contribution in [2.75, 3.05) is 47.0 Å². The molecule has 0 saturated carbocycles. The van der Waals surface area contributed by atoms with E-state index in [4.69, 9.17) is 9.47 Å². The molecule has 1 unspecified atom stereocenters. The molecule has 0 radical (unpaired) electrons. The predicted molar refractivity (Wildman–Crippen MR) is 73.8 cm³/mol. The van der Waals surface area contributed by atoms with Gasteiger partial charge >= 0.3 is 0 Å². The predicted octanol–water partition coefficient (Wildman–Crippen LogP) is 0.642. The maximum atomic E-state index is 9.76. The summed E-state index contributed by atoms with van der Waals surface area (Å²) >= 11 is 0. The number of piperazine rings is 1. The van der Waals surface area contributed by atoms with Crippen molar-refractivity contribution in [3.05, 3.63) is 23.8 Å². The van der Waals surface area contributed by atoms with Gasteiger partial charge in [-0.2, -0.15) is 0 Å². The van der Waals surface area contributed by atoms with Crippen LogP contribution in [-0.2, 0) is 0 Å². The van der Waals surface area contributed by atoms with E-state index in [1.807, 2.05) is 18.2 Å². The molecule has 1 atom stereocenters. The number of methoxy groups -OCH3 is 2. The fourth-order valence-electron chi connectivity index (χ4n) is 2.58. The molecule has 0 bridgehead atoms. The minimum Gasteiger partial charge on any atom is -0.493 e. The summed E-state index contributed by atoms with van der Waals surface area (Å²) in [7, 11) is 3.26. The van der Waals surface area contributed by atoms with Crippen LogP contribution in [0.5, 0.6) is 11.5 Å². The molecule has 1 aromatic rings. The molecule has 5 nitrogen and oxygen atoms in total. The fourth-order valence-corrected chi connectivity index (χ4v) is 2.58. The lowest BCUT2D eigenvalue weighted by Crippen LogP contribution is -2.46. The van der Waals surface area contributed by atoms with Crippen LogP contribution in [0.25, 0.3) is 0 Å². The Kier molecular flexibility index (Phi) is 5.01. The zero-order chi connectivity index (χ0) is 13.7. The summed E-state index contributed by atoms with van der Waals surface area (Å²) in [6.07, 6.45) is 0. The molecule has 5 heteroatoms. The monoisotopic (exact) mass is 266 g/mol. The standard InChI is InChI=1S/C14H22N2O3/c1-18-13-5-3-4-11(14(13)19-2)12(10-17)16-8-6-15-7-9-16/h3-5,12,15,17H,6-10H2,1-2H3. The summed E-state index contributed by atoms with van der Waals surface area (Å²) in [5, 5.41) is 13.1. The van der Waals surface area contributed by atoms with Crippen LogP contribution in [0.3, 0.4) is 0 Å². The molecule has 0 aromatic heterocycles. The number of para-hydroxylation sites is 1. The van der Waals surface area contributed by atoms with Gasteiger partial charge in [0.15, 0.2) is 11.5 Å². The maximum absolute atomic E-state index is 9.76.